The lowest BCUT2D eigenvalue weighted by Gasteiger charge is -2.07. The van der Waals surface area contributed by atoms with Crippen LogP contribution in [-0.4, -0.2) is 18.7 Å². The summed E-state index contributed by atoms with van der Waals surface area (Å²) in [6, 6.07) is 1.52. The summed E-state index contributed by atoms with van der Waals surface area (Å²) in [5.41, 5.74) is -0.316. The second-order valence-corrected chi connectivity index (χ2v) is 3.83. The monoisotopic (exact) mass is 233 g/mol. The summed E-state index contributed by atoms with van der Waals surface area (Å²) in [4.78, 5) is 27.7. The van der Waals surface area contributed by atoms with Crippen LogP contribution in [0.4, 0.5) is 0 Å². The molecule has 2 aromatic heterocycles. The highest BCUT2D eigenvalue weighted by molar-refractivity contribution is 5.70. The van der Waals surface area contributed by atoms with Crippen molar-refractivity contribution in [3.8, 4) is 6.07 Å². The van der Waals surface area contributed by atoms with E-state index < -0.39 is 17.3 Å². The number of nitriles is 1. The van der Waals surface area contributed by atoms with Gasteiger partial charge in [-0.25, -0.2) is 9.78 Å². The number of nitrogens with zero attached hydrogens (tertiary/aromatic N) is 5. The first kappa shape index (κ1) is 11.1. The Morgan fingerprint density at radius 1 is 1.35 bits per heavy atom. The Bertz CT molecular complexity index is 743. The molecule has 0 saturated heterocycles. The van der Waals surface area contributed by atoms with Crippen LogP contribution >= 0.6 is 0 Å². The van der Waals surface area contributed by atoms with Gasteiger partial charge >= 0.3 is 5.69 Å². The van der Waals surface area contributed by atoms with Gasteiger partial charge in [0.1, 0.15) is 6.04 Å². The smallest absolute Gasteiger partial charge is 0.308 e. The van der Waals surface area contributed by atoms with Gasteiger partial charge in [-0.05, 0) is 6.92 Å². The van der Waals surface area contributed by atoms with E-state index in [0.29, 0.717) is 5.65 Å². The van der Waals surface area contributed by atoms with Crippen LogP contribution in [0.1, 0.15) is 13.0 Å². The molecule has 0 amide bonds. The van der Waals surface area contributed by atoms with E-state index in [1.807, 2.05) is 6.07 Å². The van der Waals surface area contributed by atoms with Gasteiger partial charge in [-0.15, -0.1) is 0 Å². The van der Waals surface area contributed by atoms with E-state index >= 15 is 0 Å². The topological polar surface area (TPSA) is 85.6 Å². The third-order valence-electron chi connectivity index (χ3n) is 2.78. The fourth-order valence-electron chi connectivity index (χ4n) is 1.72. The molecule has 7 heteroatoms. The minimum Gasteiger partial charge on any atom is -0.308 e. The highest BCUT2D eigenvalue weighted by Crippen LogP contribution is 2.11. The van der Waals surface area contributed by atoms with E-state index in [1.165, 1.54) is 22.5 Å². The van der Waals surface area contributed by atoms with Gasteiger partial charge in [-0.2, -0.15) is 5.26 Å². The van der Waals surface area contributed by atoms with Crippen LogP contribution in [0, 0.1) is 11.3 Å². The second-order valence-electron chi connectivity index (χ2n) is 3.83. The second kappa shape index (κ2) is 3.59. The quantitative estimate of drug-likeness (QED) is 0.665. The van der Waals surface area contributed by atoms with Crippen LogP contribution in [0.25, 0.3) is 11.2 Å². The Balaban J connectivity index is 3.02. The predicted octanol–water partition coefficient (Wildman–Crippen LogP) is -0.482. The lowest BCUT2D eigenvalue weighted by Crippen LogP contribution is -2.37. The van der Waals surface area contributed by atoms with Crippen LogP contribution in [0.15, 0.2) is 15.9 Å². The summed E-state index contributed by atoms with van der Waals surface area (Å²) in [6.45, 7) is 1.66. The van der Waals surface area contributed by atoms with Gasteiger partial charge in [-0.1, -0.05) is 0 Å². The first-order valence-electron chi connectivity index (χ1n) is 5.01. The molecule has 2 rings (SSSR count). The fraction of sp³-hybridized carbons (Fsp3) is 0.400. The normalized spacial score (nSPS) is 12.6. The molecule has 0 bridgehead atoms. The number of rotatable bonds is 1. The fourth-order valence-corrected chi connectivity index (χ4v) is 1.72. The standard InChI is InChI=1S/C10H11N5O2/c1-6(4-11)15-5-12-8-7(15)9(16)14(3)10(17)13(8)2/h5-6H,1-3H3. The van der Waals surface area contributed by atoms with E-state index in [1.54, 1.807) is 14.0 Å². The van der Waals surface area contributed by atoms with E-state index in [9.17, 15) is 9.59 Å². The molecule has 2 aromatic rings. The van der Waals surface area contributed by atoms with Crippen molar-refractivity contribution in [2.75, 3.05) is 0 Å². The van der Waals surface area contributed by atoms with E-state index in [4.69, 9.17) is 5.26 Å². The van der Waals surface area contributed by atoms with Gasteiger partial charge in [0.05, 0.1) is 12.4 Å². The lowest BCUT2D eigenvalue weighted by atomic mass is 10.3. The highest BCUT2D eigenvalue weighted by atomic mass is 16.2. The summed E-state index contributed by atoms with van der Waals surface area (Å²) in [5.74, 6) is 0. The summed E-state index contributed by atoms with van der Waals surface area (Å²) in [7, 11) is 2.94. The largest absolute Gasteiger partial charge is 0.332 e. The van der Waals surface area contributed by atoms with Gasteiger partial charge in [-0.3, -0.25) is 13.9 Å². The maximum absolute atomic E-state index is 12.0. The van der Waals surface area contributed by atoms with Crippen molar-refractivity contribution in [3.05, 3.63) is 27.2 Å². The van der Waals surface area contributed by atoms with Gasteiger partial charge in [0, 0.05) is 14.1 Å². The van der Waals surface area contributed by atoms with Crippen LogP contribution < -0.4 is 11.2 Å². The minimum absolute atomic E-state index is 0.267. The zero-order valence-corrected chi connectivity index (χ0v) is 9.71. The predicted molar refractivity (Wildman–Crippen MR) is 60.5 cm³/mol. The van der Waals surface area contributed by atoms with Gasteiger partial charge in [0.2, 0.25) is 0 Å². The highest BCUT2D eigenvalue weighted by Gasteiger charge is 2.16. The molecule has 0 aromatic carbocycles. The first-order valence-corrected chi connectivity index (χ1v) is 5.01. The molecule has 0 N–H and O–H groups in total. The molecule has 0 saturated carbocycles. The van der Waals surface area contributed by atoms with Crippen molar-refractivity contribution < 1.29 is 0 Å². The molecular formula is C10H11N5O2. The summed E-state index contributed by atoms with van der Waals surface area (Å²) >= 11 is 0. The molecule has 7 nitrogen and oxygen atoms in total. The number of aromatic nitrogens is 4. The molecule has 0 fully saturated rings. The van der Waals surface area contributed by atoms with Crippen LogP contribution in [0.5, 0.6) is 0 Å². The number of aryl methyl sites for hydroxylation is 1. The summed E-state index contributed by atoms with van der Waals surface area (Å²) in [5, 5.41) is 8.87. The van der Waals surface area contributed by atoms with Gasteiger partial charge < -0.3 is 4.57 Å². The average molecular weight is 233 g/mol. The van der Waals surface area contributed by atoms with Gasteiger partial charge in [0.15, 0.2) is 11.2 Å². The zero-order chi connectivity index (χ0) is 12.7. The Hall–Kier alpha value is -2.36. The lowest BCUT2D eigenvalue weighted by molar-refractivity contribution is 0.672. The Morgan fingerprint density at radius 2 is 2.00 bits per heavy atom. The Kier molecular flexibility index (Phi) is 2.35. The SMILES string of the molecule is CC(C#N)n1cnc2c1c(=O)n(C)c(=O)n2C. The van der Waals surface area contributed by atoms with E-state index in [0.717, 1.165) is 4.57 Å². The van der Waals surface area contributed by atoms with E-state index in [2.05, 4.69) is 4.98 Å². The Labute approximate surface area is 96.2 Å². The molecule has 88 valence electrons. The van der Waals surface area contributed by atoms with Crippen molar-refractivity contribution >= 4 is 11.2 Å². The zero-order valence-electron chi connectivity index (χ0n) is 9.71. The number of hydrogen-bond donors (Lipinski definition) is 0. The van der Waals surface area contributed by atoms with Crippen LogP contribution in [-0.2, 0) is 14.1 Å². The molecular weight excluding hydrogens is 222 g/mol. The summed E-state index contributed by atoms with van der Waals surface area (Å²) < 4.78 is 3.76. The summed E-state index contributed by atoms with van der Waals surface area (Å²) in [6.07, 6.45) is 1.40. The van der Waals surface area contributed by atoms with Crippen molar-refractivity contribution in [1.82, 2.24) is 18.7 Å². The van der Waals surface area contributed by atoms with Crippen molar-refractivity contribution in [3.63, 3.8) is 0 Å². The van der Waals surface area contributed by atoms with Crippen LogP contribution in [0.2, 0.25) is 0 Å². The maximum atomic E-state index is 12.0. The van der Waals surface area contributed by atoms with E-state index in [-0.39, 0.29) is 5.52 Å². The third kappa shape index (κ3) is 1.38. The molecule has 1 unspecified atom stereocenters. The average Bonchev–Trinajstić information content (AvgIpc) is 2.77. The molecule has 2 heterocycles. The molecule has 0 aliphatic carbocycles. The molecule has 0 aliphatic rings. The van der Waals surface area contributed by atoms with Gasteiger partial charge in [0.25, 0.3) is 5.56 Å². The molecule has 0 radical (unpaired) electrons. The van der Waals surface area contributed by atoms with Crippen molar-refractivity contribution in [1.29, 1.82) is 5.26 Å². The van der Waals surface area contributed by atoms with Crippen LogP contribution in [0.3, 0.4) is 0 Å². The molecule has 17 heavy (non-hydrogen) atoms. The Morgan fingerprint density at radius 3 is 2.59 bits per heavy atom. The third-order valence-corrected chi connectivity index (χ3v) is 2.78. The number of imidazole rings is 1. The number of fused-ring (bicyclic) bond motifs is 1. The minimum atomic E-state index is -0.509. The molecule has 0 aliphatic heterocycles. The number of hydrogen-bond acceptors (Lipinski definition) is 4. The first-order chi connectivity index (χ1) is 7.99. The van der Waals surface area contributed by atoms with Crippen molar-refractivity contribution in [2.24, 2.45) is 14.1 Å². The molecule has 1 atom stereocenters. The maximum Gasteiger partial charge on any atom is 0.332 e. The van der Waals surface area contributed by atoms with Crippen molar-refractivity contribution in [2.45, 2.75) is 13.0 Å². The molecule has 0 spiro atoms.